The van der Waals surface area contributed by atoms with Gasteiger partial charge in [0.25, 0.3) is 0 Å². The standard InChI is InChI=1S/C23H19N5/c1-17-3-7-19(8-4-17)23(20-9-5-18(2)6-10-20)21(11-24,12-25)15-28-16-22(23,13-26)14-27/h3-10,28H,15-16H2,1-2H3. The molecule has 0 aliphatic carbocycles. The molecule has 1 aliphatic heterocycles. The third-order valence-electron chi connectivity index (χ3n) is 5.79. The Morgan fingerprint density at radius 2 is 0.964 bits per heavy atom. The second kappa shape index (κ2) is 6.83. The Kier molecular flexibility index (Phi) is 4.66. The summed E-state index contributed by atoms with van der Waals surface area (Å²) in [7, 11) is 0. The Morgan fingerprint density at radius 3 is 1.25 bits per heavy atom. The Hall–Kier alpha value is -3.64. The van der Waals surface area contributed by atoms with Gasteiger partial charge in [-0.1, -0.05) is 59.7 Å². The van der Waals surface area contributed by atoms with Crippen LogP contribution in [-0.2, 0) is 5.41 Å². The van der Waals surface area contributed by atoms with E-state index in [0.29, 0.717) is 11.1 Å². The second-order valence-corrected chi connectivity index (χ2v) is 7.34. The highest BCUT2D eigenvalue weighted by molar-refractivity contribution is 5.57. The minimum Gasteiger partial charge on any atom is -0.311 e. The van der Waals surface area contributed by atoms with Crippen LogP contribution in [0.3, 0.4) is 0 Å². The number of hydrogen-bond donors (Lipinski definition) is 1. The molecule has 0 aromatic heterocycles. The topological polar surface area (TPSA) is 107 Å². The van der Waals surface area contributed by atoms with Gasteiger partial charge in [0.2, 0.25) is 0 Å². The molecule has 1 aliphatic rings. The predicted molar refractivity (Wildman–Crippen MR) is 103 cm³/mol. The van der Waals surface area contributed by atoms with Crippen LogP contribution in [0.25, 0.3) is 0 Å². The molecule has 5 heteroatoms. The van der Waals surface area contributed by atoms with Gasteiger partial charge in [0.1, 0.15) is 0 Å². The largest absolute Gasteiger partial charge is 0.311 e. The maximum absolute atomic E-state index is 10.2. The van der Waals surface area contributed by atoms with Gasteiger partial charge < -0.3 is 5.32 Å². The van der Waals surface area contributed by atoms with Crippen molar-refractivity contribution in [1.29, 1.82) is 21.0 Å². The Balaban J connectivity index is 2.56. The first kappa shape index (κ1) is 19.1. The number of nitrogens with zero attached hydrogens (tertiary/aromatic N) is 4. The van der Waals surface area contributed by atoms with Crippen molar-refractivity contribution >= 4 is 0 Å². The van der Waals surface area contributed by atoms with Crippen molar-refractivity contribution in [3.63, 3.8) is 0 Å². The van der Waals surface area contributed by atoms with E-state index in [9.17, 15) is 21.0 Å². The van der Waals surface area contributed by atoms with Gasteiger partial charge in [0.15, 0.2) is 10.8 Å². The SMILES string of the molecule is Cc1ccc(C2(c3ccc(C)cc3)C(C#N)(C#N)CNCC2(C#N)C#N)cc1. The second-order valence-electron chi connectivity index (χ2n) is 7.34. The van der Waals surface area contributed by atoms with Crippen LogP contribution in [0, 0.1) is 70.0 Å². The molecule has 1 heterocycles. The van der Waals surface area contributed by atoms with Crippen molar-refractivity contribution in [3.05, 3.63) is 70.8 Å². The summed E-state index contributed by atoms with van der Waals surface area (Å²) in [5.41, 5.74) is -1.45. The maximum Gasteiger partial charge on any atom is 0.172 e. The van der Waals surface area contributed by atoms with Crippen LogP contribution in [-0.4, -0.2) is 13.1 Å². The molecule has 5 nitrogen and oxygen atoms in total. The molecule has 0 amide bonds. The molecule has 2 aromatic rings. The zero-order valence-electron chi connectivity index (χ0n) is 15.8. The number of nitriles is 4. The number of hydrogen-bond acceptors (Lipinski definition) is 5. The molecular formula is C23H19N5. The quantitative estimate of drug-likeness (QED) is 0.879. The Bertz CT molecular complexity index is 937. The van der Waals surface area contributed by atoms with Gasteiger partial charge >= 0.3 is 0 Å². The summed E-state index contributed by atoms with van der Waals surface area (Å²) in [6.45, 7) is 4.00. The molecule has 1 saturated heterocycles. The molecule has 0 saturated carbocycles. The van der Waals surface area contributed by atoms with Crippen LogP contribution in [0.4, 0.5) is 0 Å². The maximum atomic E-state index is 10.2. The average molecular weight is 365 g/mol. The zero-order chi connectivity index (χ0) is 20.4. The Labute approximate surface area is 165 Å². The van der Waals surface area contributed by atoms with Crippen molar-refractivity contribution in [1.82, 2.24) is 5.32 Å². The molecule has 0 bridgehead atoms. The van der Waals surface area contributed by atoms with Gasteiger partial charge in [0, 0.05) is 13.1 Å². The monoisotopic (exact) mass is 365 g/mol. The number of rotatable bonds is 2. The van der Waals surface area contributed by atoms with Gasteiger partial charge in [-0.05, 0) is 25.0 Å². The molecule has 0 unspecified atom stereocenters. The van der Waals surface area contributed by atoms with Crippen LogP contribution in [0.15, 0.2) is 48.5 Å². The fourth-order valence-corrected chi connectivity index (χ4v) is 4.37. The van der Waals surface area contributed by atoms with Crippen molar-refractivity contribution in [2.45, 2.75) is 19.3 Å². The summed E-state index contributed by atoms with van der Waals surface area (Å²) < 4.78 is 0. The lowest BCUT2D eigenvalue weighted by atomic mass is 9.45. The van der Waals surface area contributed by atoms with Gasteiger partial charge in [-0.3, -0.25) is 0 Å². The lowest BCUT2D eigenvalue weighted by Gasteiger charge is -2.53. The van der Waals surface area contributed by atoms with E-state index in [1.807, 2.05) is 62.4 Å². The van der Waals surface area contributed by atoms with Gasteiger partial charge in [-0.25, -0.2) is 0 Å². The van der Waals surface area contributed by atoms with E-state index in [-0.39, 0.29) is 13.1 Å². The molecule has 0 atom stereocenters. The van der Waals surface area contributed by atoms with Gasteiger partial charge in [0.05, 0.1) is 29.7 Å². The van der Waals surface area contributed by atoms with Crippen LogP contribution >= 0.6 is 0 Å². The van der Waals surface area contributed by atoms with E-state index in [2.05, 4.69) is 29.6 Å². The first-order valence-electron chi connectivity index (χ1n) is 8.95. The van der Waals surface area contributed by atoms with E-state index in [4.69, 9.17) is 0 Å². The highest BCUT2D eigenvalue weighted by atomic mass is 15.0. The summed E-state index contributed by atoms with van der Waals surface area (Å²) in [6, 6.07) is 23.6. The lowest BCUT2D eigenvalue weighted by Crippen LogP contribution is -2.66. The summed E-state index contributed by atoms with van der Waals surface area (Å²) in [6.07, 6.45) is 0. The van der Waals surface area contributed by atoms with Crippen molar-refractivity contribution in [3.8, 4) is 24.3 Å². The first-order chi connectivity index (χ1) is 13.4. The van der Waals surface area contributed by atoms with Crippen molar-refractivity contribution < 1.29 is 0 Å². The van der Waals surface area contributed by atoms with E-state index in [0.717, 1.165) is 11.1 Å². The fraction of sp³-hybridized carbons (Fsp3) is 0.304. The molecule has 1 fully saturated rings. The highest BCUT2D eigenvalue weighted by Gasteiger charge is 2.69. The molecule has 2 aromatic carbocycles. The average Bonchev–Trinajstić information content (AvgIpc) is 2.74. The molecule has 28 heavy (non-hydrogen) atoms. The van der Waals surface area contributed by atoms with Crippen LogP contribution in [0.5, 0.6) is 0 Å². The van der Waals surface area contributed by atoms with E-state index < -0.39 is 16.2 Å². The lowest BCUT2D eigenvalue weighted by molar-refractivity contribution is 0.130. The minimum absolute atomic E-state index is 0.0624. The van der Waals surface area contributed by atoms with Gasteiger partial charge in [-0.2, -0.15) is 21.0 Å². The summed E-state index contributed by atoms with van der Waals surface area (Å²) in [5.74, 6) is 0. The summed E-state index contributed by atoms with van der Waals surface area (Å²) in [4.78, 5) is 0. The highest BCUT2D eigenvalue weighted by Crippen LogP contribution is 2.59. The van der Waals surface area contributed by atoms with Crippen molar-refractivity contribution in [2.75, 3.05) is 13.1 Å². The molecule has 1 N–H and O–H groups in total. The zero-order valence-corrected chi connectivity index (χ0v) is 15.8. The van der Waals surface area contributed by atoms with Crippen LogP contribution in [0.1, 0.15) is 22.3 Å². The number of nitrogens with one attached hydrogen (secondary N) is 1. The van der Waals surface area contributed by atoms with E-state index >= 15 is 0 Å². The third-order valence-corrected chi connectivity index (χ3v) is 5.79. The molecule has 3 rings (SSSR count). The minimum atomic E-state index is -1.64. The van der Waals surface area contributed by atoms with Crippen LogP contribution < -0.4 is 5.32 Å². The smallest absolute Gasteiger partial charge is 0.172 e. The van der Waals surface area contributed by atoms with E-state index in [1.54, 1.807) is 0 Å². The molecule has 0 radical (unpaired) electrons. The molecule has 0 spiro atoms. The summed E-state index contributed by atoms with van der Waals surface area (Å²) >= 11 is 0. The first-order valence-corrected chi connectivity index (χ1v) is 8.95. The number of aryl methyl sites for hydroxylation is 2. The Morgan fingerprint density at radius 1 is 0.643 bits per heavy atom. The fourth-order valence-electron chi connectivity index (χ4n) is 4.37. The normalized spacial score (nSPS) is 18.6. The van der Waals surface area contributed by atoms with Crippen LogP contribution in [0.2, 0.25) is 0 Å². The molecule has 136 valence electrons. The number of piperidine rings is 1. The summed E-state index contributed by atoms with van der Waals surface area (Å²) in [5, 5.41) is 43.8. The third kappa shape index (κ3) is 2.32. The van der Waals surface area contributed by atoms with Gasteiger partial charge in [-0.15, -0.1) is 0 Å². The molecular weight excluding hydrogens is 346 g/mol. The predicted octanol–water partition coefficient (Wildman–Crippen LogP) is 3.26. The van der Waals surface area contributed by atoms with E-state index in [1.165, 1.54) is 0 Å². The number of benzene rings is 2. The van der Waals surface area contributed by atoms with Crippen molar-refractivity contribution in [2.24, 2.45) is 10.8 Å².